The minimum Gasteiger partial charge on any atom is -0.309 e. The Morgan fingerprint density at radius 1 is 0.263 bits per heavy atom. The van der Waals surface area contributed by atoms with Crippen molar-refractivity contribution in [2.45, 2.75) is 19.3 Å². The molecule has 2 aromatic heterocycles. The standard InChI is InChI=1S/C72H50N4/c1-72(2)64-45-54(71-74-69(51-29-17-7-18-30-51)73-70(75-71)52-31-19-8-20-32-52)34-36-67(64)76-66-35-33-53(59-39-55(47-21-9-3-10-22-47)37-56(40-59)48-23-11-4-12-24-48)43-62(66)63-44-61(46-65(72)68(63)76)60-41-57(49-25-13-5-14-26-49)38-58(42-60)50-27-15-6-16-28-50/h3-46H,1-2H3. The van der Waals surface area contributed by atoms with Gasteiger partial charge < -0.3 is 4.57 Å². The highest BCUT2D eigenvalue weighted by atomic mass is 15.0. The van der Waals surface area contributed by atoms with Crippen LogP contribution >= 0.6 is 0 Å². The van der Waals surface area contributed by atoms with E-state index in [1.807, 2.05) is 36.4 Å². The Hall–Kier alpha value is -9.77. The van der Waals surface area contributed by atoms with Gasteiger partial charge in [0.05, 0.1) is 16.7 Å². The summed E-state index contributed by atoms with van der Waals surface area (Å²) in [4.78, 5) is 15.4. The number of rotatable bonds is 9. The molecule has 4 heteroatoms. The van der Waals surface area contributed by atoms with Gasteiger partial charge in [0.15, 0.2) is 17.5 Å². The Bertz CT molecular complexity index is 4150. The Morgan fingerprint density at radius 2 is 0.592 bits per heavy atom. The van der Waals surface area contributed by atoms with Crippen LogP contribution in [0.1, 0.15) is 25.0 Å². The van der Waals surface area contributed by atoms with Gasteiger partial charge in [0.2, 0.25) is 0 Å². The Morgan fingerprint density at radius 3 is 1.03 bits per heavy atom. The van der Waals surface area contributed by atoms with E-state index in [1.54, 1.807) is 0 Å². The molecule has 76 heavy (non-hydrogen) atoms. The van der Waals surface area contributed by atoms with E-state index in [2.05, 4.69) is 249 Å². The smallest absolute Gasteiger partial charge is 0.164 e. The van der Waals surface area contributed by atoms with Gasteiger partial charge in [-0.05, 0) is 157 Å². The van der Waals surface area contributed by atoms with Crippen molar-refractivity contribution in [3.8, 4) is 107 Å². The van der Waals surface area contributed by atoms with Crippen LogP contribution in [0.3, 0.4) is 0 Å². The van der Waals surface area contributed by atoms with Crippen molar-refractivity contribution in [3.05, 3.63) is 278 Å². The zero-order chi connectivity index (χ0) is 50.7. The molecule has 0 unspecified atom stereocenters. The molecule has 358 valence electrons. The maximum atomic E-state index is 5.20. The predicted octanol–water partition coefficient (Wildman–Crippen LogP) is 18.6. The second-order valence-electron chi connectivity index (χ2n) is 20.4. The van der Waals surface area contributed by atoms with Crippen LogP contribution in [-0.4, -0.2) is 19.5 Å². The third kappa shape index (κ3) is 7.91. The molecule has 0 N–H and O–H groups in total. The molecule has 0 spiro atoms. The number of nitrogens with zero attached hydrogens (tertiary/aromatic N) is 4. The zero-order valence-electron chi connectivity index (χ0n) is 42.2. The summed E-state index contributed by atoms with van der Waals surface area (Å²) in [6.07, 6.45) is 0. The fraction of sp³-hybridized carbons (Fsp3) is 0.0417. The molecule has 11 aromatic carbocycles. The van der Waals surface area contributed by atoms with Crippen LogP contribution in [0.4, 0.5) is 0 Å². The van der Waals surface area contributed by atoms with E-state index in [4.69, 9.17) is 15.0 Å². The van der Waals surface area contributed by atoms with Gasteiger partial charge in [-0.2, -0.15) is 0 Å². The maximum absolute atomic E-state index is 5.20. The van der Waals surface area contributed by atoms with Gasteiger partial charge in [-0.3, -0.25) is 0 Å². The van der Waals surface area contributed by atoms with Crippen LogP contribution in [-0.2, 0) is 5.41 Å². The first-order valence-corrected chi connectivity index (χ1v) is 26.1. The van der Waals surface area contributed by atoms with Crippen molar-refractivity contribution < 1.29 is 0 Å². The number of hydrogen-bond donors (Lipinski definition) is 0. The molecular weight excluding hydrogens is 921 g/mol. The van der Waals surface area contributed by atoms with Crippen LogP contribution in [0.5, 0.6) is 0 Å². The summed E-state index contributed by atoms with van der Waals surface area (Å²) in [5.41, 5.74) is 22.5. The van der Waals surface area contributed by atoms with Crippen LogP contribution in [0, 0.1) is 0 Å². The SMILES string of the molecule is CC1(C)c2cc(-c3nc(-c4ccccc4)nc(-c4ccccc4)n3)ccc2-n2c3ccc(-c4cc(-c5ccccc5)cc(-c5ccccc5)c4)cc3c3cc(-c4cc(-c5ccccc5)cc(-c5ccccc5)c4)cc1c32. The summed E-state index contributed by atoms with van der Waals surface area (Å²) in [7, 11) is 0. The first-order valence-electron chi connectivity index (χ1n) is 26.1. The topological polar surface area (TPSA) is 43.6 Å². The summed E-state index contributed by atoms with van der Waals surface area (Å²) in [6.45, 7) is 4.77. The lowest BCUT2D eigenvalue weighted by Gasteiger charge is -2.35. The van der Waals surface area contributed by atoms with Crippen molar-refractivity contribution >= 4 is 21.8 Å². The number of benzene rings is 11. The van der Waals surface area contributed by atoms with E-state index in [0.717, 1.165) is 27.9 Å². The van der Waals surface area contributed by atoms with E-state index in [0.29, 0.717) is 17.5 Å². The molecule has 0 aliphatic carbocycles. The lowest BCUT2D eigenvalue weighted by molar-refractivity contribution is 0.630. The second-order valence-corrected chi connectivity index (χ2v) is 20.4. The van der Waals surface area contributed by atoms with Crippen LogP contribution in [0.15, 0.2) is 267 Å². The molecule has 3 heterocycles. The van der Waals surface area contributed by atoms with E-state index in [-0.39, 0.29) is 0 Å². The molecule has 1 aliphatic rings. The minimum atomic E-state index is -0.446. The van der Waals surface area contributed by atoms with Crippen LogP contribution < -0.4 is 0 Å². The molecule has 0 bridgehead atoms. The van der Waals surface area contributed by atoms with E-state index >= 15 is 0 Å². The normalized spacial score (nSPS) is 12.4. The van der Waals surface area contributed by atoms with E-state index in [1.165, 1.54) is 94.2 Å². The van der Waals surface area contributed by atoms with Crippen molar-refractivity contribution in [3.63, 3.8) is 0 Å². The van der Waals surface area contributed by atoms with Crippen LogP contribution in [0.2, 0.25) is 0 Å². The summed E-state index contributed by atoms with van der Waals surface area (Å²) >= 11 is 0. The second kappa shape index (κ2) is 18.3. The van der Waals surface area contributed by atoms with E-state index in [9.17, 15) is 0 Å². The molecule has 0 atom stereocenters. The number of fused-ring (bicyclic) bond motifs is 5. The molecular formula is C72H50N4. The molecule has 0 saturated carbocycles. The lowest BCUT2D eigenvalue weighted by atomic mass is 9.73. The molecule has 0 saturated heterocycles. The van der Waals surface area contributed by atoms with E-state index < -0.39 is 5.41 Å². The number of hydrogen-bond acceptors (Lipinski definition) is 3. The van der Waals surface area contributed by atoms with Crippen molar-refractivity contribution in [2.24, 2.45) is 0 Å². The Labute approximate surface area is 443 Å². The highest BCUT2D eigenvalue weighted by molar-refractivity contribution is 6.14. The summed E-state index contributed by atoms with van der Waals surface area (Å²) < 4.78 is 2.52. The lowest BCUT2D eigenvalue weighted by Crippen LogP contribution is -2.26. The number of aromatic nitrogens is 4. The van der Waals surface area contributed by atoms with Gasteiger partial charge in [0.1, 0.15) is 0 Å². The molecule has 4 nitrogen and oxygen atoms in total. The molecule has 1 aliphatic heterocycles. The molecule has 0 radical (unpaired) electrons. The third-order valence-electron chi connectivity index (χ3n) is 15.4. The molecule has 14 rings (SSSR count). The first-order chi connectivity index (χ1) is 37.4. The average Bonchev–Trinajstić information content (AvgIpc) is 3.92. The summed E-state index contributed by atoms with van der Waals surface area (Å²) in [6, 6.07) is 96.3. The molecule has 0 amide bonds. The Kier molecular flexibility index (Phi) is 10.8. The largest absolute Gasteiger partial charge is 0.309 e. The van der Waals surface area contributed by atoms with Crippen LogP contribution in [0.25, 0.3) is 128 Å². The minimum absolute atomic E-state index is 0.446. The summed E-state index contributed by atoms with van der Waals surface area (Å²) in [5.74, 6) is 1.92. The summed E-state index contributed by atoms with van der Waals surface area (Å²) in [5, 5.41) is 2.42. The highest BCUT2D eigenvalue weighted by Crippen LogP contribution is 2.51. The van der Waals surface area contributed by atoms with Gasteiger partial charge in [0, 0.05) is 32.9 Å². The van der Waals surface area contributed by atoms with Crippen molar-refractivity contribution in [2.75, 3.05) is 0 Å². The monoisotopic (exact) mass is 970 g/mol. The molecule has 0 fully saturated rings. The van der Waals surface area contributed by atoms with Gasteiger partial charge in [-0.15, -0.1) is 0 Å². The third-order valence-corrected chi connectivity index (χ3v) is 15.4. The van der Waals surface area contributed by atoms with Gasteiger partial charge in [0.25, 0.3) is 0 Å². The average molecular weight is 971 g/mol. The molecule has 13 aromatic rings. The first kappa shape index (κ1) is 44.9. The van der Waals surface area contributed by atoms with Gasteiger partial charge in [-0.1, -0.05) is 202 Å². The predicted molar refractivity (Wildman–Crippen MR) is 315 cm³/mol. The quantitative estimate of drug-likeness (QED) is 0.145. The fourth-order valence-electron chi connectivity index (χ4n) is 11.5. The van der Waals surface area contributed by atoms with Crippen molar-refractivity contribution in [1.82, 2.24) is 19.5 Å². The zero-order valence-corrected chi connectivity index (χ0v) is 42.2. The maximum Gasteiger partial charge on any atom is 0.164 e. The fourth-order valence-corrected chi connectivity index (χ4v) is 11.5. The van der Waals surface area contributed by atoms with Gasteiger partial charge in [-0.25, -0.2) is 15.0 Å². The highest BCUT2D eigenvalue weighted by Gasteiger charge is 2.36. The van der Waals surface area contributed by atoms with Gasteiger partial charge >= 0.3 is 0 Å². The van der Waals surface area contributed by atoms with Crippen molar-refractivity contribution in [1.29, 1.82) is 0 Å². The Balaban J connectivity index is 1.01.